The van der Waals surface area contributed by atoms with Crippen molar-refractivity contribution in [2.24, 2.45) is 0 Å². The quantitative estimate of drug-likeness (QED) is 0.468. The van der Waals surface area contributed by atoms with E-state index in [9.17, 15) is 4.79 Å². The van der Waals surface area contributed by atoms with Gasteiger partial charge in [0.2, 0.25) is 0 Å². The van der Waals surface area contributed by atoms with E-state index in [2.05, 4.69) is 24.4 Å². The topological polar surface area (TPSA) is 38.3 Å². The molecule has 0 radical (unpaired) electrons. The van der Waals surface area contributed by atoms with Crippen molar-refractivity contribution in [3.05, 3.63) is 29.8 Å². The van der Waals surface area contributed by atoms with Gasteiger partial charge in [-0.1, -0.05) is 19.1 Å². The highest BCUT2D eigenvalue weighted by atomic mass is 32.2. The predicted molar refractivity (Wildman–Crippen MR) is 75.8 cm³/mol. The van der Waals surface area contributed by atoms with Gasteiger partial charge in [-0.05, 0) is 37.6 Å². The van der Waals surface area contributed by atoms with Crippen molar-refractivity contribution in [3.63, 3.8) is 0 Å². The largest absolute Gasteiger partial charge is 0.468 e. The summed E-state index contributed by atoms with van der Waals surface area (Å²) in [6.07, 6.45) is 1.13. The van der Waals surface area contributed by atoms with Crippen LogP contribution >= 0.6 is 11.8 Å². The molecule has 100 valence electrons. The van der Waals surface area contributed by atoms with Gasteiger partial charge in [0.15, 0.2) is 0 Å². The number of hydrogen-bond acceptors (Lipinski definition) is 4. The fraction of sp³-hybridized carbons (Fsp3) is 0.500. The van der Waals surface area contributed by atoms with Crippen LogP contribution in [0.5, 0.6) is 0 Å². The molecule has 4 heteroatoms. The lowest BCUT2D eigenvalue weighted by molar-refractivity contribution is -0.139. The Labute approximate surface area is 113 Å². The normalized spacial score (nSPS) is 12.2. The van der Waals surface area contributed by atoms with Gasteiger partial charge in [-0.15, -0.1) is 11.8 Å². The number of rotatable bonds is 7. The number of benzene rings is 1. The number of carbonyl (C=O) groups is 1. The molecule has 0 aromatic heterocycles. The van der Waals surface area contributed by atoms with Crippen LogP contribution in [0.2, 0.25) is 0 Å². The summed E-state index contributed by atoms with van der Waals surface area (Å²) in [6, 6.07) is 8.25. The number of nitrogens with one attached hydrogen (secondary N) is 1. The Balaban J connectivity index is 2.56. The molecular formula is C14H21NO2S. The number of thioether (sulfide) groups is 1. The summed E-state index contributed by atoms with van der Waals surface area (Å²) in [5.41, 5.74) is 1.24. The van der Waals surface area contributed by atoms with Gasteiger partial charge in [-0.25, -0.2) is 0 Å². The van der Waals surface area contributed by atoms with E-state index in [0.717, 1.165) is 24.4 Å². The third kappa shape index (κ3) is 5.10. The summed E-state index contributed by atoms with van der Waals surface area (Å²) in [4.78, 5) is 12.5. The van der Waals surface area contributed by atoms with Gasteiger partial charge in [0.1, 0.15) is 5.25 Å². The van der Waals surface area contributed by atoms with Crippen molar-refractivity contribution in [1.29, 1.82) is 0 Å². The minimum absolute atomic E-state index is 0.172. The van der Waals surface area contributed by atoms with Crippen molar-refractivity contribution in [2.45, 2.75) is 37.0 Å². The predicted octanol–water partition coefficient (Wildman–Crippen LogP) is 2.84. The molecule has 0 heterocycles. The molecule has 0 fully saturated rings. The third-order valence-corrected chi connectivity index (χ3v) is 3.57. The fourth-order valence-corrected chi connectivity index (χ4v) is 2.53. The van der Waals surface area contributed by atoms with Crippen molar-refractivity contribution in [3.8, 4) is 0 Å². The molecule has 0 aliphatic rings. The van der Waals surface area contributed by atoms with Crippen LogP contribution in [0.15, 0.2) is 29.2 Å². The van der Waals surface area contributed by atoms with Gasteiger partial charge < -0.3 is 10.1 Å². The van der Waals surface area contributed by atoms with Crippen LogP contribution in [0.3, 0.4) is 0 Å². The smallest absolute Gasteiger partial charge is 0.318 e. The monoisotopic (exact) mass is 267 g/mol. The van der Waals surface area contributed by atoms with E-state index in [-0.39, 0.29) is 11.2 Å². The molecule has 0 bridgehead atoms. The van der Waals surface area contributed by atoms with E-state index in [0.29, 0.717) is 0 Å². The summed E-state index contributed by atoms with van der Waals surface area (Å²) in [5.74, 6) is -0.186. The van der Waals surface area contributed by atoms with Crippen molar-refractivity contribution < 1.29 is 9.53 Å². The number of carbonyl (C=O) groups excluding carboxylic acids is 1. The summed E-state index contributed by atoms with van der Waals surface area (Å²) in [7, 11) is 1.42. The Morgan fingerprint density at radius 3 is 2.94 bits per heavy atom. The molecule has 0 saturated heterocycles. The van der Waals surface area contributed by atoms with Crippen LogP contribution in [0.4, 0.5) is 0 Å². The molecule has 1 aromatic carbocycles. The van der Waals surface area contributed by atoms with Gasteiger partial charge in [0.25, 0.3) is 0 Å². The van der Waals surface area contributed by atoms with Crippen LogP contribution in [0, 0.1) is 0 Å². The first-order valence-corrected chi connectivity index (χ1v) is 7.09. The Morgan fingerprint density at radius 2 is 2.28 bits per heavy atom. The van der Waals surface area contributed by atoms with Gasteiger partial charge in [0.05, 0.1) is 7.11 Å². The lowest BCUT2D eigenvalue weighted by Crippen LogP contribution is -2.15. The SMILES string of the molecule is CCCNCc1cccc(SC(C)C(=O)OC)c1. The average molecular weight is 267 g/mol. The second-order valence-electron chi connectivity index (χ2n) is 4.11. The highest BCUT2D eigenvalue weighted by molar-refractivity contribution is 8.00. The van der Waals surface area contributed by atoms with E-state index >= 15 is 0 Å². The number of hydrogen-bond donors (Lipinski definition) is 1. The molecule has 1 N–H and O–H groups in total. The minimum atomic E-state index is -0.186. The summed E-state index contributed by atoms with van der Waals surface area (Å²) < 4.78 is 4.72. The molecule has 1 aromatic rings. The zero-order valence-electron chi connectivity index (χ0n) is 11.2. The summed E-state index contributed by atoms with van der Waals surface area (Å²) in [6.45, 7) is 5.90. The molecule has 1 unspecified atom stereocenters. The molecule has 0 saturated carbocycles. The van der Waals surface area contributed by atoms with Gasteiger partial charge in [-0.2, -0.15) is 0 Å². The zero-order chi connectivity index (χ0) is 13.4. The third-order valence-electron chi connectivity index (χ3n) is 2.50. The van der Waals surface area contributed by atoms with Gasteiger partial charge >= 0.3 is 5.97 Å². The Morgan fingerprint density at radius 1 is 1.50 bits per heavy atom. The molecule has 0 aliphatic heterocycles. The Hall–Kier alpha value is -1.00. The van der Waals surface area contributed by atoms with Crippen LogP contribution in [-0.4, -0.2) is 24.9 Å². The maximum absolute atomic E-state index is 11.4. The summed E-state index contributed by atoms with van der Waals surface area (Å²) >= 11 is 1.53. The molecule has 1 atom stereocenters. The Kier molecular flexibility index (Phi) is 6.83. The molecular weight excluding hydrogens is 246 g/mol. The van der Waals surface area contributed by atoms with E-state index in [1.807, 2.05) is 19.1 Å². The van der Waals surface area contributed by atoms with Crippen LogP contribution < -0.4 is 5.32 Å². The number of ether oxygens (including phenoxy) is 1. The van der Waals surface area contributed by atoms with Gasteiger partial charge in [0, 0.05) is 11.4 Å². The average Bonchev–Trinajstić information content (AvgIpc) is 2.38. The molecule has 1 rings (SSSR count). The molecule has 0 spiro atoms. The van der Waals surface area contributed by atoms with E-state index in [1.54, 1.807) is 0 Å². The second-order valence-corrected chi connectivity index (χ2v) is 5.52. The van der Waals surface area contributed by atoms with Crippen LogP contribution in [-0.2, 0) is 16.1 Å². The van der Waals surface area contributed by atoms with Crippen molar-refractivity contribution in [2.75, 3.05) is 13.7 Å². The van der Waals surface area contributed by atoms with Gasteiger partial charge in [-0.3, -0.25) is 4.79 Å². The molecule has 0 amide bonds. The molecule has 3 nitrogen and oxygen atoms in total. The molecule has 0 aliphatic carbocycles. The summed E-state index contributed by atoms with van der Waals surface area (Å²) in [5, 5.41) is 3.19. The first-order chi connectivity index (χ1) is 8.67. The lowest BCUT2D eigenvalue weighted by atomic mass is 10.2. The first-order valence-electron chi connectivity index (χ1n) is 6.21. The lowest BCUT2D eigenvalue weighted by Gasteiger charge is -2.10. The van der Waals surface area contributed by atoms with Crippen molar-refractivity contribution >= 4 is 17.7 Å². The fourth-order valence-electron chi connectivity index (χ4n) is 1.56. The molecule has 18 heavy (non-hydrogen) atoms. The zero-order valence-corrected chi connectivity index (χ0v) is 12.0. The van der Waals surface area contributed by atoms with Crippen LogP contribution in [0.1, 0.15) is 25.8 Å². The first kappa shape index (κ1) is 15.1. The van der Waals surface area contributed by atoms with Crippen molar-refractivity contribution in [1.82, 2.24) is 5.32 Å². The number of esters is 1. The maximum Gasteiger partial charge on any atom is 0.318 e. The van der Waals surface area contributed by atoms with E-state index in [4.69, 9.17) is 4.74 Å². The minimum Gasteiger partial charge on any atom is -0.468 e. The number of methoxy groups -OCH3 is 1. The highest BCUT2D eigenvalue weighted by Gasteiger charge is 2.14. The van der Waals surface area contributed by atoms with E-state index in [1.165, 1.54) is 24.4 Å². The second kappa shape index (κ2) is 8.16. The Bertz CT molecular complexity index is 382. The van der Waals surface area contributed by atoms with Crippen LogP contribution in [0.25, 0.3) is 0 Å². The standard InChI is InChI=1S/C14H21NO2S/c1-4-8-15-10-12-6-5-7-13(9-12)18-11(2)14(16)17-3/h5-7,9,11,15H,4,8,10H2,1-3H3. The highest BCUT2D eigenvalue weighted by Crippen LogP contribution is 2.24. The maximum atomic E-state index is 11.4. The van der Waals surface area contributed by atoms with E-state index < -0.39 is 0 Å².